The Balaban J connectivity index is 1.36. The van der Waals surface area contributed by atoms with Crippen molar-refractivity contribution >= 4 is 0 Å². The van der Waals surface area contributed by atoms with E-state index in [0.29, 0.717) is 30.9 Å². The number of halogens is 3. The number of β-amino-alcohol motifs (C(OH)–C–C–N with tert-alkyl or cyclic N) is 1. The quantitative estimate of drug-likeness (QED) is 0.389. The summed E-state index contributed by atoms with van der Waals surface area (Å²) in [6, 6.07) is 11.9. The van der Waals surface area contributed by atoms with E-state index in [1.807, 2.05) is 12.1 Å². The van der Waals surface area contributed by atoms with Crippen molar-refractivity contribution in [3.05, 3.63) is 59.7 Å². The molecule has 0 unspecified atom stereocenters. The minimum Gasteiger partial charge on any atom is -0.395 e. The van der Waals surface area contributed by atoms with Gasteiger partial charge in [0.05, 0.1) is 30.9 Å². The van der Waals surface area contributed by atoms with Gasteiger partial charge in [-0.2, -0.15) is 13.2 Å². The first kappa shape index (κ1) is 26.6. The van der Waals surface area contributed by atoms with Gasteiger partial charge in [0.1, 0.15) is 12.2 Å². The summed E-state index contributed by atoms with van der Waals surface area (Å²) in [6.07, 6.45) is -5.38. The molecule has 1 aliphatic heterocycles. The monoisotopic (exact) mass is 483 g/mol. The van der Waals surface area contributed by atoms with E-state index < -0.39 is 36.1 Å². The molecule has 188 valence electrons. The van der Waals surface area contributed by atoms with Crippen molar-refractivity contribution in [3.63, 3.8) is 0 Å². The number of nitrogens with zero attached hydrogens (tertiary/aromatic N) is 1. The minimum atomic E-state index is -4.37. The van der Waals surface area contributed by atoms with Crippen LogP contribution >= 0.6 is 0 Å². The number of unbranched alkanes of at least 4 members (excludes halogenated alkanes) is 2. The average molecular weight is 484 g/mol. The first-order valence-corrected chi connectivity index (χ1v) is 11.4. The zero-order valence-electron chi connectivity index (χ0n) is 18.9. The predicted molar refractivity (Wildman–Crippen MR) is 121 cm³/mol. The number of piperidine rings is 1. The van der Waals surface area contributed by atoms with E-state index in [1.165, 1.54) is 6.07 Å². The van der Waals surface area contributed by atoms with Crippen LogP contribution in [-0.4, -0.2) is 76.0 Å². The molecule has 0 bridgehead atoms. The molecular formula is C25H32F3NO5. The van der Waals surface area contributed by atoms with Crippen LogP contribution in [0.25, 0.3) is 11.1 Å². The molecule has 0 radical (unpaired) electrons. The van der Waals surface area contributed by atoms with E-state index in [2.05, 4.69) is 0 Å². The SMILES string of the molecule is OC[C@@H]1[C@H](O)[C@H](O)[C@@H](O)CN1CCCCCOCc1ccc(-c2cccc(C(F)(F)F)c2)cc1. The van der Waals surface area contributed by atoms with E-state index in [0.717, 1.165) is 37.0 Å². The number of rotatable bonds is 10. The molecule has 4 atom stereocenters. The summed E-state index contributed by atoms with van der Waals surface area (Å²) in [5.41, 5.74) is 1.47. The van der Waals surface area contributed by atoms with Crippen LogP contribution in [0.1, 0.15) is 30.4 Å². The summed E-state index contributed by atoms with van der Waals surface area (Å²) in [7, 11) is 0. The lowest BCUT2D eigenvalue weighted by atomic mass is 9.94. The fourth-order valence-electron chi connectivity index (χ4n) is 4.19. The number of aliphatic hydroxyl groups is 4. The highest BCUT2D eigenvalue weighted by atomic mass is 19.4. The standard InChI is InChI=1S/C25H32F3NO5/c26-25(27,28)20-6-4-5-19(13-20)18-9-7-17(8-10-18)16-34-12-3-1-2-11-29-14-22(31)24(33)23(32)21(29)15-30/h4-10,13,21-24,30-33H,1-3,11-12,14-16H2/t21-,22+,23+,24-/m1/s1. The van der Waals surface area contributed by atoms with Gasteiger partial charge < -0.3 is 25.2 Å². The van der Waals surface area contributed by atoms with Gasteiger partial charge in [-0.15, -0.1) is 0 Å². The molecule has 9 heteroatoms. The molecular weight excluding hydrogens is 451 g/mol. The number of ether oxygens (including phenoxy) is 1. The number of aliphatic hydroxyl groups excluding tert-OH is 4. The van der Waals surface area contributed by atoms with Gasteiger partial charge in [-0.3, -0.25) is 4.90 Å². The molecule has 3 rings (SSSR count). The Bertz CT molecular complexity index is 893. The first-order chi connectivity index (χ1) is 16.2. The van der Waals surface area contributed by atoms with Crippen LogP contribution in [0, 0.1) is 0 Å². The lowest BCUT2D eigenvalue weighted by Gasteiger charge is -2.43. The Kier molecular flexibility index (Phi) is 9.47. The van der Waals surface area contributed by atoms with Crippen molar-refractivity contribution in [2.24, 2.45) is 0 Å². The molecule has 0 spiro atoms. The second-order valence-electron chi connectivity index (χ2n) is 8.68. The lowest BCUT2D eigenvalue weighted by molar-refractivity contribution is -0.145. The topological polar surface area (TPSA) is 93.4 Å². The average Bonchev–Trinajstić information content (AvgIpc) is 2.82. The summed E-state index contributed by atoms with van der Waals surface area (Å²) in [5.74, 6) is 0. The molecule has 6 nitrogen and oxygen atoms in total. The van der Waals surface area contributed by atoms with E-state index in [9.17, 15) is 33.6 Å². The predicted octanol–water partition coefficient (Wildman–Crippen LogP) is 2.82. The Morgan fingerprint density at radius 2 is 1.65 bits per heavy atom. The largest absolute Gasteiger partial charge is 0.416 e. The summed E-state index contributed by atoms with van der Waals surface area (Å²) >= 11 is 0. The third-order valence-corrected chi connectivity index (χ3v) is 6.20. The van der Waals surface area contributed by atoms with E-state index in [4.69, 9.17) is 4.74 Å². The van der Waals surface area contributed by atoms with Crippen molar-refractivity contribution in [3.8, 4) is 11.1 Å². The van der Waals surface area contributed by atoms with Crippen LogP contribution in [0.15, 0.2) is 48.5 Å². The summed E-state index contributed by atoms with van der Waals surface area (Å²) < 4.78 is 44.4. The van der Waals surface area contributed by atoms with Crippen molar-refractivity contribution in [2.75, 3.05) is 26.3 Å². The first-order valence-electron chi connectivity index (χ1n) is 11.4. The fourth-order valence-corrected chi connectivity index (χ4v) is 4.19. The third kappa shape index (κ3) is 7.00. The molecule has 1 heterocycles. The Morgan fingerprint density at radius 3 is 2.32 bits per heavy atom. The van der Waals surface area contributed by atoms with E-state index >= 15 is 0 Å². The van der Waals surface area contributed by atoms with Crippen LogP contribution in [-0.2, 0) is 17.5 Å². The molecule has 0 saturated carbocycles. The lowest BCUT2D eigenvalue weighted by Crippen LogP contribution is -2.62. The van der Waals surface area contributed by atoms with Gasteiger partial charge in [0.15, 0.2) is 0 Å². The molecule has 1 fully saturated rings. The maximum Gasteiger partial charge on any atom is 0.416 e. The summed E-state index contributed by atoms with van der Waals surface area (Å²) in [4.78, 5) is 1.80. The molecule has 0 aliphatic carbocycles. The Labute approximate surface area is 197 Å². The summed E-state index contributed by atoms with van der Waals surface area (Å²) in [5, 5.41) is 39.1. The molecule has 0 aromatic heterocycles. The molecule has 34 heavy (non-hydrogen) atoms. The van der Waals surface area contributed by atoms with Gasteiger partial charge >= 0.3 is 6.18 Å². The van der Waals surface area contributed by atoms with Crippen LogP contribution < -0.4 is 0 Å². The number of alkyl halides is 3. The zero-order chi connectivity index (χ0) is 24.7. The molecule has 2 aromatic carbocycles. The van der Waals surface area contributed by atoms with Gasteiger partial charge in [0.25, 0.3) is 0 Å². The number of benzene rings is 2. The maximum absolute atomic E-state index is 12.9. The van der Waals surface area contributed by atoms with Crippen LogP contribution in [0.5, 0.6) is 0 Å². The zero-order valence-corrected chi connectivity index (χ0v) is 18.9. The van der Waals surface area contributed by atoms with Crippen LogP contribution in [0.2, 0.25) is 0 Å². The smallest absolute Gasteiger partial charge is 0.395 e. The number of hydrogen-bond donors (Lipinski definition) is 4. The highest BCUT2D eigenvalue weighted by Crippen LogP contribution is 2.32. The number of likely N-dealkylation sites (tertiary alicyclic amines) is 1. The van der Waals surface area contributed by atoms with Gasteiger partial charge in [0, 0.05) is 13.2 Å². The molecule has 0 amide bonds. The van der Waals surface area contributed by atoms with Crippen LogP contribution in [0.4, 0.5) is 13.2 Å². The van der Waals surface area contributed by atoms with Gasteiger partial charge in [0.2, 0.25) is 0 Å². The minimum absolute atomic E-state index is 0.205. The summed E-state index contributed by atoms with van der Waals surface area (Å²) in [6.45, 7) is 1.45. The molecule has 1 saturated heterocycles. The Hall–Kier alpha value is -2.01. The maximum atomic E-state index is 12.9. The van der Waals surface area contributed by atoms with Crippen molar-refractivity contribution in [1.82, 2.24) is 4.90 Å². The second kappa shape index (κ2) is 12.1. The highest BCUT2D eigenvalue weighted by molar-refractivity contribution is 5.64. The van der Waals surface area contributed by atoms with Crippen molar-refractivity contribution in [1.29, 1.82) is 0 Å². The fraction of sp³-hybridized carbons (Fsp3) is 0.520. The van der Waals surface area contributed by atoms with Crippen LogP contribution in [0.3, 0.4) is 0 Å². The Morgan fingerprint density at radius 1 is 0.912 bits per heavy atom. The molecule has 1 aliphatic rings. The van der Waals surface area contributed by atoms with Gasteiger partial charge in [-0.25, -0.2) is 0 Å². The van der Waals surface area contributed by atoms with E-state index in [1.54, 1.807) is 23.1 Å². The van der Waals surface area contributed by atoms with Gasteiger partial charge in [-0.05, 0) is 54.6 Å². The third-order valence-electron chi connectivity index (χ3n) is 6.20. The normalized spacial score (nSPS) is 23.9. The second-order valence-corrected chi connectivity index (χ2v) is 8.68. The van der Waals surface area contributed by atoms with Crippen molar-refractivity contribution < 1.29 is 38.3 Å². The van der Waals surface area contributed by atoms with Gasteiger partial charge in [-0.1, -0.05) is 36.4 Å². The highest BCUT2D eigenvalue weighted by Gasteiger charge is 2.40. The number of hydrogen-bond acceptors (Lipinski definition) is 6. The van der Waals surface area contributed by atoms with Crippen molar-refractivity contribution in [2.45, 2.75) is 56.4 Å². The molecule has 2 aromatic rings. The molecule has 4 N–H and O–H groups in total. The van der Waals surface area contributed by atoms with E-state index in [-0.39, 0.29) is 13.2 Å².